The predicted molar refractivity (Wildman–Crippen MR) is 89.1 cm³/mol. The first-order valence-electron chi connectivity index (χ1n) is 7.36. The van der Waals surface area contributed by atoms with E-state index in [2.05, 4.69) is 0 Å². The first-order chi connectivity index (χ1) is 12.9. The standard InChI is InChI=1S/C13H15N5O9S/c1-17(10(21)6-2-3-8(19)9(20)4-6)16-28(26,27)15-12(23)18-5-7(11(18)22)14-13(24)25/h2-4,7,14,16,19-20H,5H2,1H3,(H,15,23)(H,24,25)/t7-/m0/s1. The second kappa shape index (κ2) is 7.57. The molecule has 1 aromatic carbocycles. The van der Waals surface area contributed by atoms with Crippen LogP contribution in [0.25, 0.3) is 0 Å². The molecule has 28 heavy (non-hydrogen) atoms. The maximum absolute atomic E-state index is 12.1. The van der Waals surface area contributed by atoms with Gasteiger partial charge in [-0.15, -0.1) is 4.83 Å². The minimum absolute atomic E-state index is 0.174. The maximum Gasteiger partial charge on any atom is 0.405 e. The minimum atomic E-state index is -4.62. The van der Waals surface area contributed by atoms with Crippen LogP contribution >= 0.6 is 0 Å². The van der Waals surface area contributed by atoms with Crippen LogP contribution in [0.3, 0.4) is 0 Å². The van der Waals surface area contributed by atoms with E-state index in [0.717, 1.165) is 25.2 Å². The Kier molecular flexibility index (Phi) is 5.60. The first kappa shape index (κ1) is 20.7. The van der Waals surface area contributed by atoms with Gasteiger partial charge in [0.1, 0.15) is 6.04 Å². The molecule has 1 aromatic rings. The van der Waals surface area contributed by atoms with Crippen LogP contribution in [0, 0.1) is 0 Å². The molecular weight excluding hydrogens is 402 g/mol. The smallest absolute Gasteiger partial charge is 0.405 e. The van der Waals surface area contributed by atoms with Crippen LogP contribution in [-0.2, 0) is 15.0 Å². The lowest BCUT2D eigenvalue weighted by Gasteiger charge is -2.35. The molecule has 152 valence electrons. The number of phenolic OH excluding ortho intramolecular Hbond substituents is 2. The number of amides is 5. The van der Waals surface area contributed by atoms with Crippen molar-refractivity contribution in [3.8, 4) is 11.5 Å². The van der Waals surface area contributed by atoms with Gasteiger partial charge >= 0.3 is 22.3 Å². The predicted octanol–water partition coefficient (Wildman–Crippen LogP) is -1.89. The van der Waals surface area contributed by atoms with E-state index in [-0.39, 0.29) is 12.1 Å². The Labute approximate surface area is 157 Å². The summed E-state index contributed by atoms with van der Waals surface area (Å²) in [6.07, 6.45) is -1.48. The average Bonchev–Trinajstić information content (AvgIpc) is 2.58. The molecule has 1 aliphatic heterocycles. The fourth-order valence-corrected chi connectivity index (χ4v) is 2.96. The molecule has 2 rings (SSSR count). The van der Waals surface area contributed by atoms with Gasteiger partial charge in [-0.05, 0) is 18.2 Å². The van der Waals surface area contributed by atoms with Crippen LogP contribution in [-0.4, -0.2) is 77.2 Å². The number of β-lactam (4-membered cyclic amide) rings is 1. The van der Waals surface area contributed by atoms with E-state index >= 15 is 0 Å². The number of hydrazine groups is 1. The number of rotatable bonds is 5. The van der Waals surface area contributed by atoms with E-state index in [0.29, 0.717) is 9.91 Å². The van der Waals surface area contributed by atoms with Gasteiger partial charge in [0.05, 0.1) is 6.54 Å². The van der Waals surface area contributed by atoms with Crippen molar-refractivity contribution in [2.75, 3.05) is 13.6 Å². The molecular formula is C13H15N5O9S. The Balaban J connectivity index is 1.96. The topological polar surface area (TPSA) is 206 Å². The molecule has 0 aromatic heterocycles. The monoisotopic (exact) mass is 417 g/mol. The Morgan fingerprint density at radius 1 is 1.21 bits per heavy atom. The number of nitrogens with zero attached hydrogens (tertiary/aromatic N) is 2. The van der Waals surface area contributed by atoms with Crippen molar-refractivity contribution in [2.24, 2.45) is 0 Å². The number of carbonyl (C=O) groups excluding carboxylic acids is 3. The molecule has 0 saturated carbocycles. The summed E-state index contributed by atoms with van der Waals surface area (Å²) in [5.74, 6) is -2.96. The zero-order valence-electron chi connectivity index (χ0n) is 14.1. The SMILES string of the molecule is CN(NS(=O)(=O)NC(=O)N1C[C@H](NC(=O)O)C1=O)C(=O)c1ccc(O)c(O)c1. The zero-order valence-corrected chi connectivity index (χ0v) is 14.9. The summed E-state index contributed by atoms with van der Waals surface area (Å²) >= 11 is 0. The summed E-state index contributed by atoms with van der Waals surface area (Å²) in [6.45, 7) is -0.367. The molecule has 0 radical (unpaired) electrons. The average molecular weight is 417 g/mol. The molecule has 0 spiro atoms. The summed E-state index contributed by atoms with van der Waals surface area (Å²) in [5, 5.41) is 29.4. The van der Waals surface area contributed by atoms with Gasteiger partial charge in [-0.25, -0.2) is 14.3 Å². The number of imide groups is 1. The molecule has 0 aliphatic carbocycles. The number of carbonyl (C=O) groups is 4. The van der Waals surface area contributed by atoms with Crippen LogP contribution in [0.4, 0.5) is 9.59 Å². The highest BCUT2D eigenvalue weighted by molar-refractivity contribution is 7.88. The molecule has 1 fully saturated rings. The highest BCUT2D eigenvalue weighted by atomic mass is 32.2. The third-order valence-corrected chi connectivity index (χ3v) is 4.44. The molecule has 1 saturated heterocycles. The summed E-state index contributed by atoms with van der Waals surface area (Å²) in [4.78, 5) is 48.2. The van der Waals surface area contributed by atoms with Gasteiger partial charge in [0.15, 0.2) is 11.5 Å². The lowest BCUT2D eigenvalue weighted by atomic mass is 10.1. The van der Waals surface area contributed by atoms with Gasteiger partial charge in [-0.3, -0.25) is 19.5 Å². The zero-order chi connectivity index (χ0) is 21.2. The highest BCUT2D eigenvalue weighted by Gasteiger charge is 2.43. The van der Waals surface area contributed by atoms with Crippen molar-refractivity contribution >= 4 is 34.1 Å². The number of nitrogens with one attached hydrogen (secondary N) is 3. The maximum atomic E-state index is 12.1. The number of benzene rings is 1. The summed E-state index contributed by atoms with van der Waals surface area (Å²) in [5.41, 5.74) is -0.174. The first-order valence-corrected chi connectivity index (χ1v) is 8.84. The second-order valence-corrected chi connectivity index (χ2v) is 6.91. The molecule has 1 heterocycles. The molecule has 0 unspecified atom stereocenters. The summed E-state index contributed by atoms with van der Waals surface area (Å²) < 4.78 is 25.4. The van der Waals surface area contributed by atoms with E-state index < -0.39 is 51.7 Å². The summed E-state index contributed by atoms with van der Waals surface area (Å²) in [6, 6.07) is 0.531. The number of hydrogen-bond donors (Lipinski definition) is 6. The molecule has 14 nitrogen and oxygen atoms in total. The van der Waals surface area contributed by atoms with Crippen LogP contribution in [0.2, 0.25) is 0 Å². The van der Waals surface area contributed by atoms with Gasteiger partial charge in [0.25, 0.3) is 11.8 Å². The lowest BCUT2D eigenvalue weighted by Crippen LogP contribution is -2.68. The Morgan fingerprint density at radius 2 is 1.86 bits per heavy atom. The fraction of sp³-hybridized carbons (Fsp3) is 0.231. The third kappa shape index (κ3) is 4.57. The third-order valence-electron chi connectivity index (χ3n) is 3.48. The number of phenols is 2. The van der Waals surface area contributed by atoms with Crippen LogP contribution in [0.1, 0.15) is 10.4 Å². The van der Waals surface area contributed by atoms with Crippen LogP contribution in [0.5, 0.6) is 11.5 Å². The molecule has 1 aliphatic rings. The van der Waals surface area contributed by atoms with Gasteiger partial charge in [0, 0.05) is 12.6 Å². The van der Waals surface area contributed by atoms with Crippen LogP contribution < -0.4 is 14.9 Å². The summed E-state index contributed by atoms with van der Waals surface area (Å²) in [7, 11) is -3.61. The van der Waals surface area contributed by atoms with Crippen molar-refractivity contribution in [2.45, 2.75) is 6.04 Å². The van der Waals surface area contributed by atoms with Gasteiger partial charge in [-0.2, -0.15) is 8.42 Å². The highest BCUT2D eigenvalue weighted by Crippen LogP contribution is 2.25. The Hall–Kier alpha value is -3.59. The normalized spacial score (nSPS) is 16.1. The van der Waals surface area contributed by atoms with E-state index in [1.165, 1.54) is 4.72 Å². The largest absolute Gasteiger partial charge is 0.504 e. The van der Waals surface area contributed by atoms with Crippen molar-refractivity contribution < 1.29 is 42.9 Å². The Morgan fingerprint density at radius 3 is 2.39 bits per heavy atom. The molecule has 1 atom stereocenters. The van der Waals surface area contributed by atoms with E-state index in [4.69, 9.17) is 5.11 Å². The van der Waals surface area contributed by atoms with Crippen molar-refractivity contribution in [1.29, 1.82) is 0 Å². The minimum Gasteiger partial charge on any atom is -0.504 e. The number of aromatic hydroxyl groups is 2. The number of hydrogen-bond acceptors (Lipinski definition) is 8. The van der Waals surface area contributed by atoms with E-state index in [1.54, 1.807) is 4.83 Å². The van der Waals surface area contributed by atoms with Gasteiger partial charge in [-0.1, -0.05) is 0 Å². The van der Waals surface area contributed by atoms with Gasteiger partial charge < -0.3 is 20.6 Å². The number of likely N-dealkylation sites (tertiary alicyclic amines) is 1. The Bertz CT molecular complexity index is 948. The lowest BCUT2D eigenvalue weighted by molar-refractivity contribution is -0.138. The quantitative estimate of drug-likeness (QED) is 0.180. The number of urea groups is 1. The van der Waals surface area contributed by atoms with Gasteiger partial charge in [0.2, 0.25) is 0 Å². The van der Waals surface area contributed by atoms with Crippen molar-refractivity contribution in [3.63, 3.8) is 0 Å². The fourth-order valence-electron chi connectivity index (χ4n) is 2.13. The molecule has 5 amide bonds. The van der Waals surface area contributed by atoms with Crippen molar-refractivity contribution in [1.82, 2.24) is 24.8 Å². The van der Waals surface area contributed by atoms with E-state index in [9.17, 15) is 37.8 Å². The molecule has 6 N–H and O–H groups in total. The number of carboxylic acid groups (broad SMARTS) is 1. The van der Waals surface area contributed by atoms with Crippen LogP contribution in [0.15, 0.2) is 18.2 Å². The second-order valence-electron chi connectivity index (χ2n) is 5.52. The molecule has 0 bridgehead atoms. The van der Waals surface area contributed by atoms with E-state index in [1.807, 2.05) is 5.32 Å². The molecule has 15 heteroatoms. The van der Waals surface area contributed by atoms with Crippen molar-refractivity contribution in [3.05, 3.63) is 23.8 Å².